The van der Waals surface area contributed by atoms with Gasteiger partial charge in [-0.05, 0) is 25.1 Å². The lowest BCUT2D eigenvalue weighted by Gasteiger charge is -2.07. The summed E-state index contributed by atoms with van der Waals surface area (Å²) in [7, 11) is 1.27. The van der Waals surface area contributed by atoms with E-state index in [4.69, 9.17) is 11.6 Å². The molecule has 2 aromatic rings. The average molecular weight is 336 g/mol. The number of carbonyl (C=O) groups is 1. The summed E-state index contributed by atoms with van der Waals surface area (Å²) in [5, 5.41) is 5.41. The molecule has 1 heterocycles. The Bertz CT molecular complexity index is 740. The van der Waals surface area contributed by atoms with E-state index in [1.165, 1.54) is 20.0 Å². The van der Waals surface area contributed by atoms with Crippen LogP contribution in [0.15, 0.2) is 18.2 Å². The summed E-state index contributed by atoms with van der Waals surface area (Å²) < 4.78 is 52.2. The van der Waals surface area contributed by atoms with E-state index in [0.717, 1.165) is 16.8 Å². The SMILES string of the molecule is Cc1c(C(F)(F)F)nn(C)c1NC(=O)c1ccc(F)c(Cl)c1. The number of hydrogen-bond donors (Lipinski definition) is 1. The van der Waals surface area contributed by atoms with Gasteiger partial charge in [-0.3, -0.25) is 9.48 Å². The Kier molecular flexibility index (Phi) is 4.15. The van der Waals surface area contributed by atoms with Gasteiger partial charge in [0, 0.05) is 18.2 Å². The molecule has 0 unspecified atom stereocenters. The van der Waals surface area contributed by atoms with Crippen molar-refractivity contribution in [2.75, 3.05) is 5.32 Å². The van der Waals surface area contributed by atoms with Crippen LogP contribution in [-0.4, -0.2) is 15.7 Å². The van der Waals surface area contributed by atoms with Crippen LogP contribution in [0.1, 0.15) is 21.6 Å². The van der Waals surface area contributed by atoms with E-state index in [9.17, 15) is 22.4 Å². The Morgan fingerprint density at radius 1 is 1.36 bits per heavy atom. The number of benzene rings is 1. The van der Waals surface area contributed by atoms with Crippen molar-refractivity contribution in [2.45, 2.75) is 13.1 Å². The number of aromatic nitrogens is 2. The predicted molar refractivity (Wildman–Crippen MR) is 72.3 cm³/mol. The first-order chi connectivity index (χ1) is 10.1. The molecule has 0 bridgehead atoms. The molecule has 0 aliphatic heterocycles. The second kappa shape index (κ2) is 5.60. The van der Waals surface area contributed by atoms with Crippen molar-refractivity contribution in [1.82, 2.24) is 9.78 Å². The van der Waals surface area contributed by atoms with E-state index in [0.29, 0.717) is 0 Å². The molecule has 0 aliphatic carbocycles. The molecule has 118 valence electrons. The van der Waals surface area contributed by atoms with Crippen LogP contribution < -0.4 is 5.32 Å². The van der Waals surface area contributed by atoms with Crippen LogP contribution in [0.2, 0.25) is 5.02 Å². The number of hydrogen-bond acceptors (Lipinski definition) is 2. The average Bonchev–Trinajstić information content (AvgIpc) is 2.69. The van der Waals surface area contributed by atoms with Crippen molar-refractivity contribution in [2.24, 2.45) is 7.05 Å². The number of aryl methyl sites for hydroxylation is 1. The summed E-state index contributed by atoms with van der Waals surface area (Å²) >= 11 is 5.57. The molecule has 0 saturated carbocycles. The van der Waals surface area contributed by atoms with Gasteiger partial charge in [-0.25, -0.2) is 4.39 Å². The summed E-state index contributed by atoms with van der Waals surface area (Å²) in [5.74, 6) is -1.52. The highest BCUT2D eigenvalue weighted by molar-refractivity contribution is 6.31. The maximum Gasteiger partial charge on any atom is 0.435 e. The molecule has 0 fully saturated rings. The van der Waals surface area contributed by atoms with Crippen molar-refractivity contribution in [3.63, 3.8) is 0 Å². The van der Waals surface area contributed by atoms with E-state index in [-0.39, 0.29) is 22.0 Å². The van der Waals surface area contributed by atoms with Gasteiger partial charge >= 0.3 is 6.18 Å². The second-order valence-corrected chi connectivity index (χ2v) is 4.93. The zero-order valence-electron chi connectivity index (χ0n) is 11.4. The van der Waals surface area contributed by atoms with Gasteiger partial charge in [-0.2, -0.15) is 18.3 Å². The molecule has 0 atom stereocenters. The van der Waals surface area contributed by atoms with Crippen LogP contribution in [0.3, 0.4) is 0 Å². The zero-order valence-corrected chi connectivity index (χ0v) is 12.2. The lowest BCUT2D eigenvalue weighted by atomic mass is 10.2. The van der Waals surface area contributed by atoms with Gasteiger partial charge in [-0.15, -0.1) is 0 Å². The number of rotatable bonds is 2. The van der Waals surface area contributed by atoms with Gasteiger partial charge < -0.3 is 5.32 Å². The number of carbonyl (C=O) groups excluding carboxylic acids is 1. The fourth-order valence-electron chi connectivity index (χ4n) is 1.89. The standard InChI is InChI=1S/C13H10ClF4N3O/c1-6-10(13(16,17)18)20-21(2)11(6)19-12(22)7-3-4-9(15)8(14)5-7/h3-5H,1-2H3,(H,19,22). The summed E-state index contributed by atoms with van der Waals surface area (Å²) in [4.78, 5) is 12.0. The summed E-state index contributed by atoms with van der Waals surface area (Å²) in [6, 6.07) is 3.25. The molecule has 22 heavy (non-hydrogen) atoms. The van der Waals surface area contributed by atoms with Gasteiger partial charge in [0.25, 0.3) is 5.91 Å². The molecule has 1 amide bonds. The quantitative estimate of drug-likeness (QED) is 0.849. The van der Waals surface area contributed by atoms with Crippen molar-refractivity contribution >= 4 is 23.3 Å². The van der Waals surface area contributed by atoms with Crippen LogP contribution in [0.5, 0.6) is 0 Å². The third kappa shape index (κ3) is 3.06. The summed E-state index contributed by atoms with van der Waals surface area (Å²) in [5.41, 5.74) is -1.28. The number of amides is 1. The molecule has 1 N–H and O–H groups in total. The summed E-state index contributed by atoms with van der Waals surface area (Å²) in [6.45, 7) is 1.20. The topological polar surface area (TPSA) is 46.9 Å². The first-order valence-corrected chi connectivity index (χ1v) is 6.36. The number of halogens is 5. The van der Waals surface area contributed by atoms with Crippen molar-refractivity contribution in [1.29, 1.82) is 0 Å². The minimum absolute atomic E-state index is 0.0144. The van der Waals surface area contributed by atoms with Crippen LogP contribution in [0, 0.1) is 12.7 Å². The molecule has 1 aromatic heterocycles. The Balaban J connectivity index is 2.33. The highest BCUT2D eigenvalue weighted by Gasteiger charge is 2.37. The predicted octanol–water partition coefficient (Wildman–Crippen LogP) is 3.79. The highest BCUT2D eigenvalue weighted by Crippen LogP contribution is 2.33. The maximum atomic E-state index is 13.0. The first-order valence-electron chi connectivity index (χ1n) is 5.98. The van der Waals surface area contributed by atoms with Gasteiger partial charge in [0.2, 0.25) is 0 Å². The van der Waals surface area contributed by atoms with Crippen LogP contribution in [0.4, 0.5) is 23.4 Å². The number of nitrogens with zero attached hydrogens (tertiary/aromatic N) is 2. The van der Waals surface area contributed by atoms with Gasteiger partial charge in [0.15, 0.2) is 5.69 Å². The molecule has 0 aliphatic rings. The van der Waals surface area contributed by atoms with E-state index < -0.39 is 23.6 Å². The normalized spacial score (nSPS) is 11.6. The Morgan fingerprint density at radius 3 is 2.50 bits per heavy atom. The largest absolute Gasteiger partial charge is 0.435 e. The monoisotopic (exact) mass is 335 g/mol. The second-order valence-electron chi connectivity index (χ2n) is 4.53. The fraction of sp³-hybridized carbons (Fsp3) is 0.231. The van der Waals surface area contributed by atoms with Gasteiger partial charge in [0.1, 0.15) is 11.6 Å². The van der Waals surface area contributed by atoms with Crippen LogP contribution in [-0.2, 0) is 13.2 Å². The van der Waals surface area contributed by atoms with E-state index in [1.54, 1.807) is 0 Å². The van der Waals surface area contributed by atoms with E-state index in [2.05, 4.69) is 10.4 Å². The molecule has 9 heteroatoms. The van der Waals surface area contributed by atoms with Crippen molar-refractivity contribution in [3.05, 3.63) is 45.9 Å². The fourth-order valence-corrected chi connectivity index (χ4v) is 2.07. The molecular weight excluding hydrogens is 326 g/mol. The lowest BCUT2D eigenvalue weighted by molar-refractivity contribution is -0.141. The Morgan fingerprint density at radius 2 is 2.00 bits per heavy atom. The third-order valence-electron chi connectivity index (χ3n) is 2.97. The molecule has 0 radical (unpaired) electrons. The van der Waals surface area contributed by atoms with Crippen LogP contribution in [0.25, 0.3) is 0 Å². The molecule has 0 saturated heterocycles. The minimum atomic E-state index is -4.62. The van der Waals surface area contributed by atoms with Gasteiger partial charge in [0.05, 0.1) is 5.02 Å². The van der Waals surface area contributed by atoms with Crippen molar-refractivity contribution < 1.29 is 22.4 Å². The van der Waals surface area contributed by atoms with Crippen molar-refractivity contribution in [3.8, 4) is 0 Å². The number of nitrogens with one attached hydrogen (secondary N) is 1. The smallest absolute Gasteiger partial charge is 0.307 e. The lowest BCUT2D eigenvalue weighted by Crippen LogP contribution is -2.15. The molecule has 2 rings (SSSR count). The maximum absolute atomic E-state index is 13.0. The first kappa shape index (κ1) is 16.3. The third-order valence-corrected chi connectivity index (χ3v) is 3.26. The van der Waals surface area contributed by atoms with E-state index >= 15 is 0 Å². The molecular formula is C13H10ClF4N3O. The van der Waals surface area contributed by atoms with E-state index in [1.807, 2.05) is 0 Å². The Hall–Kier alpha value is -2.09. The molecule has 0 spiro atoms. The minimum Gasteiger partial charge on any atom is -0.307 e. The summed E-state index contributed by atoms with van der Waals surface area (Å²) in [6.07, 6.45) is -4.62. The number of alkyl halides is 3. The Labute approximate surface area is 127 Å². The van der Waals surface area contributed by atoms with Crippen LogP contribution >= 0.6 is 11.6 Å². The highest BCUT2D eigenvalue weighted by atomic mass is 35.5. The number of anilines is 1. The zero-order chi connectivity index (χ0) is 16.7. The molecule has 1 aromatic carbocycles. The molecule has 4 nitrogen and oxygen atoms in total. The van der Waals surface area contributed by atoms with Gasteiger partial charge in [-0.1, -0.05) is 11.6 Å².